The number of hydrogen-bond acceptors (Lipinski definition) is 1. The van der Waals surface area contributed by atoms with Gasteiger partial charge in [-0.15, -0.1) is 0 Å². The number of carbonyl (C=O) groups excluding carboxylic acids is 1. The first-order valence-corrected chi connectivity index (χ1v) is 8.49. The second-order valence-electron chi connectivity index (χ2n) is 5.43. The third-order valence-corrected chi connectivity index (χ3v) is 4.71. The maximum Gasteiger partial charge on any atom is 0.416 e. The SMILES string of the molecule is C=CC(=O)Nc1cc2c(Br)cn(-c3ccc(C(F)(F)F)cc3)c2cc1Cl. The summed E-state index contributed by atoms with van der Waals surface area (Å²) in [5, 5.41) is 3.65. The minimum atomic E-state index is -4.39. The zero-order chi connectivity index (χ0) is 19.1. The highest BCUT2D eigenvalue weighted by Crippen LogP contribution is 2.36. The Bertz CT molecular complexity index is 1010. The number of alkyl halides is 3. The molecule has 0 aliphatic carbocycles. The standard InChI is InChI=1S/C18H11BrClF3N2O/c1-2-17(26)24-15-7-12-13(19)9-25(16(12)8-14(15)20)11-5-3-10(4-6-11)18(21,22)23/h2-9H,1H2,(H,24,26). The lowest BCUT2D eigenvalue weighted by Gasteiger charge is -2.10. The van der Waals surface area contributed by atoms with Crippen molar-refractivity contribution in [2.24, 2.45) is 0 Å². The van der Waals surface area contributed by atoms with Crippen LogP contribution in [0.15, 0.2) is 59.7 Å². The lowest BCUT2D eigenvalue weighted by Crippen LogP contribution is -2.07. The first kappa shape index (κ1) is 18.5. The Hall–Kier alpha value is -2.25. The minimum absolute atomic E-state index is 0.298. The van der Waals surface area contributed by atoms with Crippen LogP contribution in [0, 0.1) is 0 Å². The van der Waals surface area contributed by atoms with Crippen LogP contribution in [0.2, 0.25) is 5.02 Å². The Kier molecular flexibility index (Phi) is 4.86. The lowest BCUT2D eigenvalue weighted by atomic mass is 10.2. The number of benzene rings is 2. The molecule has 0 atom stereocenters. The third kappa shape index (κ3) is 3.50. The summed E-state index contributed by atoms with van der Waals surface area (Å²) in [6.07, 6.45) is -1.54. The van der Waals surface area contributed by atoms with E-state index in [1.54, 1.807) is 22.9 Å². The summed E-state index contributed by atoms with van der Waals surface area (Å²) >= 11 is 9.66. The van der Waals surface area contributed by atoms with E-state index in [2.05, 4.69) is 27.8 Å². The number of hydrogen-bond donors (Lipinski definition) is 1. The molecule has 26 heavy (non-hydrogen) atoms. The molecule has 3 aromatic rings. The molecule has 1 N–H and O–H groups in total. The number of nitrogens with one attached hydrogen (secondary N) is 1. The van der Waals surface area contributed by atoms with Gasteiger partial charge in [0, 0.05) is 21.7 Å². The van der Waals surface area contributed by atoms with E-state index in [4.69, 9.17) is 11.6 Å². The number of aromatic nitrogens is 1. The van der Waals surface area contributed by atoms with Crippen molar-refractivity contribution in [3.8, 4) is 5.69 Å². The second kappa shape index (κ2) is 6.81. The van der Waals surface area contributed by atoms with Crippen molar-refractivity contribution in [2.75, 3.05) is 5.32 Å². The van der Waals surface area contributed by atoms with E-state index in [0.29, 0.717) is 26.4 Å². The van der Waals surface area contributed by atoms with Gasteiger partial charge in [-0.1, -0.05) is 18.2 Å². The van der Waals surface area contributed by atoms with E-state index >= 15 is 0 Å². The molecule has 0 radical (unpaired) electrons. The maximum absolute atomic E-state index is 12.7. The van der Waals surface area contributed by atoms with Crippen LogP contribution in [-0.2, 0) is 11.0 Å². The Morgan fingerprint density at radius 3 is 2.46 bits per heavy atom. The molecule has 1 aromatic heterocycles. The maximum atomic E-state index is 12.7. The molecule has 0 fully saturated rings. The van der Waals surface area contributed by atoms with Crippen LogP contribution in [0.3, 0.4) is 0 Å². The fourth-order valence-electron chi connectivity index (χ4n) is 2.51. The Morgan fingerprint density at radius 1 is 1.23 bits per heavy atom. The highest BCUT2D eigenvalue weighted by molar-refractivity contribution is 9.10. The normalized spacial score (nSPS) is 11.6. The molecule has 8 heteroatoms. The Labute approximate surface area is 160 Å². The molecule has 0 saturated carbocycles. The average molecular weight is 444 g/mol. The van der Waals surface area contributed by atoms with Gasteiger partial charge in [-0.3, -0.25) is 4.79 Å². The molecule has 2 aromatic carbocycles. The molecule has 0 aliphatic rings. The van der Waals surface area contributed by atoms with Crippen LogP contribution in [-0.4, -0.2) is 10.5 Å². The summed E-state index contributed by atoms with van der Waals surface area (Å²) in [5.74, 6) is -0.399. The predicted molar refractivity (Wildman–Crippen MR) is 99.8 cm³/mol. The molecular weight excluding hydrogens is 433 g/mol. The van der Waals surface area contributed by atoms with Gasteiger partial charge >= 0.3 is 6.18 Å². The molecule has 0 spiro atoms. The highest BCUT2D eigenvalue weighted by Gasteiger charge is 2.30. The number of anilines is 1. The van der Waals surface area contributed by atoms with Crippen molar-refractivity contribution in [3.05, 3.63) is 70.3 Å². The van der Waals surface area contributed by atoms with Crippen molar-refractivity contribution in [3.63, 3.8) is 0 Å². The van der Waals surface area contributed by atoms with E-state index < -0.39 is 17.6 Å². The summed E-state index contributed by atoms with van der Waals surface area (Å²) < 4.78 is 40.6. The van der Waals surface area contributed by atoms with Gasteiger partial charge in [0.25, 0.3) is 0 Å². The lowest BCUT2D eigenvalue weighted by molar-refractivity contribution is -0.137. The van der Waals surface area contributed by atoms with Crippen molar-refractivity contribution < 1.29 is 18.0 Å². The fraction of sp³-hybridized carbons (Fsp3) is 0.0556. The van der Waals surface area contributed by atoms with E-state index in [0.717, 1.165) is 23.6 Å². The first-order valence-electron chi connectivity index (χ1n) is 7.32. The number of halogens is 5. The molecule has 0 unspecified atom stereocenters. The zero-order valence-corrected chi connectivity index (χ0v) is 15.4. The topological polar surface area (TPSA) is 34.0 Å². The van der Waals surface area contributed by atoms with Crippen LogP contribution in [0.4, 0.5) is 18.9 Å². The van der Waals surface area contributed by atoms with Crippen LogP contribution >= 0.6 is 27.5 Å². The van der Waals surface area contributed by atoms with Crippen molar-refractivity contribution in [1.82, 2.24) is 4.57 Å². The monoisotopic (exact) mass is 442 g/mol. The summed E-state index contributed by atoms with van der Waals surface area (Å²) in [5.41, 5.74) is 0.921. The molecule has 0 bridgehead atoms. The number of rotatable bonds is 3. The summed E-state index contributed by atoms with van der Waals surface area (Å²) in [7, 11) is 0. The van der Waals surface area contributed by atoms with E-state index in [1.165, 1.54) is 12.1 Å². The largest absolute Gasteiger partial charge is 0.416 e. The quantitative estimate of drug-likeness (QED) is 0.481. The van der Waals surface area contributed by atoms with Crippen LogP contribution < -0.4 is 5.32 Å². The van der Waals surface area contributed by atoms with E-state index in [1.807, 2.05) is 0 Å². The van der Waals surface area contributed by atoms with Crippen LogP contribution in [0.1, 0.15) is 5.56 Å². The average Bonchev–Trinajstić information content (AvgIpc) is 2.90. The van der Waals surface area contributed by atoms with Crippen LogP contribution in [0.5, 0.6) is 0 Å². The van der Waals surface area contributed by atoms with E-state index in [9.17, 15) is 18.0 Å². The minimum Gasteiger partial charge on any atom is -0.321 e. The van der Waals surface area contributed by atoms with Crippen molar-refractivity contribution in [2.45, 2.75) is 6.18 Å². The molecule has 1 amide bonds. The van der Waals surface area contributed by atoms with Crippen molar-refractivity contribution >= 4 is 50.0 Å². The van der Waals surface area contributed by atoms with Gasteiger partial charge < -0.3 is 9.88 Å². The molecule has 1 heterocycles. The van der Waals surface area contributed by atoms with Crippen molar-refractivity contribution in [1.29, 1.82) is 0 Å². The fourth-order valence-corrected chi connectivity index (χ4v) is 3.24. The van der Waals surface area contributed by atoms with E-state index in [-0.39, 0.29) is 0 Å². The number of carbonyl (C=O) groups is 1. The van der Waals surface area contributed by atoms with Gasteiger partial charge in [-0.25, -0.2) is 0 Å². The number of amides is 1. The highest BCUT2D eigenvalue weighted by atomic mass is 79.9. The smallest absolute Gasteiger partial charge is 0.321 e. The van der Waals surface area contributed by atoms with Gasteiger partial charge in [-0.05, 0) is 58.4 Å². The summed E-state index contributed by atoms with van der Waals surface area (Å²) in [6, 6.07) is 8.14. The molecule has 134 valence electrons. The first-order chi connectivity index (χ1) is 12.2. The number of nitrogens with zero attached hydrogens (tertiary/aromatic N) is 1. The second-order valence-corrected chi connectivity index (χ2v) is 6.70. The molecule has 0 saturated heterocycles. The third-order valence-electron chi connectivity index (χ3n) is 3.76. The molecule has 0 aliphatic heterocycles. The molecule has 3 rings (SSSR count). The van der Waals surface area contributed by atoms with Gasteiger partial charge in [-0.2, -0.15) is 13.2 Å². The molecular formula is C18H11BrClF3N2O. The summed E-state index contributed by atoms with van der Waals surface area (Å²) in [4.78, 5) is 11.5. The van der Waals surface area contributed by atoms with Crippen LogP contribution in [0.25, 0.3) is 16.6 Å². The zero-order valence-electron chi connectivity index (χ0n) is 13.1. The summed E-state index contributed by atoms with van der Waals surface area (Å²) in [6.45, 7) is 3.39. The van der Waals surface area contributed by atoms with Gasteiger partial charge in [0.1, 0.15) is 0 Å². The Balaban J connectivity index is 2.09. The van der Waals surface area contributed by atoms with Gasteiger partial charge in [0.2, 0.25) is 5.91 Å². The number of fused-ring (bicyclic) bond motifs is 1. The molecule has 3 nitrogen and oxygen atoms in total. The predicted octanol–water partition coefficient (Wildman–Crippen LogP) is 6.19. The van der Waals surface area contributed by atoms with Gasteiger partial charge in [0.15, 0.2) is 0 Å². The van der Waals surface area contributed by atoms with Gasteiger partial charge in [0.05, 0.1) is 21.8 Å². The Morgan fingerprint density at radius 2 is 1.88 bits per heavy atom.